The van der Waals surface area contributed by atoms with Gasteiger partial charge in [-0.15, -0.1) is 0 Å². The average Bonchev–Trinajstić information content (AvgIpc) is 2.29. The second-order valence-electron chi connectivity index (χ2n) is 3.71. The molecule has 0 heterocycles. The summed E-state index contributed by atoms with van der Waals surface area (Å²) >= 11 is 0. The first-order valence-corrected chi connectivity index (χ1v) is 5.15. The number of alkyl halides is 3. The van der Waals surface area contributed by atoms with Crippen LogP contribution in [0.4, 0.5) is 13.2 Å². The lowest BCUT2D eigenvalue weighted by molar-refractivity contribution is -0.137. The highest BCUT2D eigenvalue weighted by Crippen LogP contribution is 2.31. The Kier molecular flexibility index (Phi) is 4.13. The van der Waals surface area contributed by atoms with E-state index in [1.165, 1.54) is 12.1 Å². The van der Waals surface area contributed by atoms with Crippen molar-refractivity contribution in [1.82, 2.24) is 0 Å². The smallest absolute Gasteiger partial charge is 0.387 e. The van der Waals surface area contributed by atoms with Crippen molar-refractivity contribution in [3.05, 3.63) is 35.4 Å². The van der Waals surface area contributed by atoms with Crippen LogP contribution in [0.5, 0.6) is 0 Å². The van der Waals surface area contributed by atoms with Gasteiger partial charge in [0.1, 0.15) is 0 Å². The number of hydrogen-bond acceptors (Lipinski definition) is 2. The first-order valence-electron chi connectivity index (χ1n) is 5.15. The predicted octanol–water partition coefficient (Wildman–Crippen LogP) is 3.29. The molecule has 0 spiro atoms. The lowest BCUT2D eigenvalue weighted by Crippen LogP contribution is -2.11. The standard InChI is InChI=1S/C12H12F3NO/c1-2-8(7-16)11(17)9-3-5-10(6-4-9)12(13,14)15/h3-6,8,11,17H,2H2,1H3. The first kappa shape index (κ1) is 13.5. The quantitative estimate of drug-likeness (QED) is 0.885. The van der Waals surface area contributed by atoms with Crippen LogP contribution < -0.4 is 0 Å². The molecular formula is C12H12F3NO. The maximum absolute atomic E-state index is 12.3. The van der Waals surface area contributed by atoms with Gasteiger partial charge in [0.05, 0.1) is 23.7 Å². The van der Waals surface area contributed by atoms with E-state index in [0.717, 1.165) is 12.1 Å². The molecule has 0 bridgehead atoms. The maximum Gasteiger partial charge on any atom is 0.416 e. The fraction of sp³-hybridized carbons (Fsp3) is 0.417. The molecule has 92 valence electrons. The second kappa shape index (κ2) is 5.19. The first-order chi connectivity index (χ1) is 7.90. The van der Waals surface area contributed by atoms with Crippen LogP contribution in [0.15, 0.2) is 24.3 Å². The number of nitriles is 1. The second-order valence-corrected chi connectivity index (χ2v) is 3.71. The number of halogens is 3. The predicted molar refractivity (Wildman–Crippen MR) is 55.8 cm³/mol. The maximum atomic E-state index is 12.3. The number of benzene rings is 1. The molecule has 1 aromatic rings. The van der Waals surface area contributed by atoms with Gasteiger partial charge in [-0.1, -0.05) is 19.1 Å². The molecule has 2 unspecified atom stereocenters. The van der Waals surface area contributed by atoms with Gasteiger partial charge in [-0.2, -0.15) is 18.4 Å². The molecule has 0 aliphatic carbocycles. The highest BCUT2D eigenvalue weighted by molar-refractivity contribution is 5.27. The Morgan fingerprint density at radius 3 is 2.18 bits per heavy atom. The number of rotatable bonds is 3. The Morgan fingerprint density at radius 2 is 1.82 bits per heavy atom. The van der Waals surface area contributed by atoms with Gasteiger partial charge in [0.15, 0.2) is 0 Å². The molecule has 1 rings (SSSR count). The summed E-state index contributed by atoms with van der Waals surface area (Å²) in [6.45, 7) is 1.74. The largest absolute Gasteiger partial charge is 0.416 e. The molecular weight excluding hydrogens is 231 g/mol. The van der Waals surface area contributed by atoms with E-state index in [1.54, 1.807) is 6.92 Å². The molecule has 0 saturated carbocycles. The van der Waals surface area contributed by atoms with E-state index in [0.29, 0.717) is 12.0 Å². The minimum Gasteiger partial charge on any atom is -0.387 e. The van der Waals surface area contributed by atoms with Gasteiger partial charge in [0.25, 0.3) is 0 Å². The van der Waals surface area contributed by atoms with Crippen LogP contribution in [-0.4, -0.2) is 5.11 Å². The molecule has 0 aromatic heterocycles. The van der Waals surface area contributed by atoms with E-state index in [-0.39, 0.29) is 0 Å². The third-order valence-electron chi connectivity index (χ3n) is 2.57. The topological polar surface area (TPSA) is 44.0 Å². The summed E-state index contributed by atoms with van der Waals surface area (Å²) in [5, 5.41) is 18.5. The Morgan fingerprint density at radius 1 is 1.29 bits per heavy atom. The molecule has 0 fully saturated rings. The van der Waals surface area contributed by atoms with Crippen LogP contribution in [0.25, 0.3) is 0 Å². The molecule has 0 radical (unpaired) electrons. The summed E-state index contributed by atoms with van der Waals surface area (Å²) in [6, 6.07) is 6.14. The van der Waals surface area contributed by atoms with Crippen molar-refractivity contribution >= 4 is 0 Å². The highest BCUT2D eigenvalue weighted by Gasteiger charge is 2.30. The van der Waals surface area contributed by atoms with Crippen LogP contribution >= 0.6 is 0 Å². The zero-order valence-corrected chi connectivity index (χ0v) is 9.20. The van der Waals surface area contributed by atoms with Crippen molar-refractivity contribution < 1.29 is 18.3 Å². The van der Waals surface area contributed by atoms with Crippen molar-refractivity contribution in [2.24, 2.45) is 5.92 Å². The van der Waals surface area contributed by atoms with Gasteiger partial charge in [-0.3, -0.25) is 0 Å². The summed E-state index contributed by atoms with van der Waals surface area (Å²) in [4.78, 5) is 0. The minimum atomic E-state index is -4.39. The van der Waals surface area contributed by atoms with Crippen LogP contribution in [0.1, 0.15) is 30.6 Å². The van der Waals surface area contributed by atoms with Gasteiger partial charge >= 0.3 is 6.18 Å². The van der Waals surface area contributed by atoms with Crippen molar-refractivity contribution in [2.75, 3.05) is 0 Å². The number of nitrogens with zero attached hydrogens (tertiary/aromatic N) is 1. The van der Waals surface area contributed by atoms with Crippen LogP contribution in [0, 0.1) is 17.2 Å². The zero-order valence-electron chi connectivity index (χ0n) is 9.20. The number of aliphatic hydroxyl groups is 1. The van der Waals surface area contributed by atoms with E-state index in [4.69, 9.17) is 5.26 Å². The number of aliphatic hydroxyl groups excluding tert-OH is 1. The van der Waals surface area contributed by atoms with Crippen molar-refractivity contribution in [2.45, 2.75) is 25.6 Å². The average molecular weight is 243 g/mol. The number of hydrogen-bond donors (Lipinski definition) is 1. The Bertz CT molecular complexity index is 405. The summed E-state index contributed by atoms with van der Waals surface area (Å²) in [7, 11) is 0. The molecule has 0 amide bonds. The lowest BCUT2D eigenvalue weighted by atomic mass is 9.94. The minimum absolute atomic E-state index is 0.325. The van der Waals surface area contributed by atoms with Crippen LogP contribution in [-0.2, 0) is 6.18 Å². The monoisotopic (exact) mass is 243 g/mol. The van der Waals surface area contributed by atoms with Gasteiger partial charge in [0, 0.05) is 0 Å². The third kappa shape index (κ3) is 3.21. The lowest BCUT2D eigenvalue weighted by Gasteiger charge is -2.16. The van der Waals surface area contributed by atoms with Gasteiger partial charge in [0.2, 0.25) is 0 Å². The van der Waals surface area contributed by atoms with Crippen molar-refractivity contribution in [1.29, 1.82) is 5.26 Å². The van der Waals surface area contributed by atoms with E-state index in [1.807, 2.05) is 6.07 Å². The summed E-state index contributed by atoms with van der Waals surface area (Å²) in [6.07, 6.45) is -4.99. The third-order valence-corrected chi connectivity index (χ3v) is 2.57. The molecule has 17 heavy (non-hydrogen) atoms. The molecule has 0 aliphatic rings. The van der Waals surface area contributed by atoms with Gasteiger partial charge in [-0.05, 0) is 24.1 Å². The normalized spacial score (nSPS) is 15.1. The van der Waals surface area contributed by atoms with E-state index in [9.17, 15) is 18.3 Å². The van der Waals surface area contributed by atoms with E-state index < -0.39 is 23.8 Å². The Hall–Kier alpha value is -1.54. The fourth-order valence-electron chi connectivity index (χ4n) is 1.49. The Balaban J connectivity index is 2.92. The van der Waals surface area contributed by atoms with Gasteiger partial charge in [-0.25, -0.2) is 0 Å². The molecule has 1 aromatic carbocycles. The molecule has 1 N–H and O–H groups in total. The summed E-state index contributed by atoms with van der Waals surface area (Å²) in [5.41, 5.74) is -0.440. The molecule has 2 atom stereocenters. The fourth-order valence-corrected chi connectivity index (χ4v) is 1.49. The highest BCUT2D eigenvalue weighted by atomic mass is 19.4. The SMILES string of the molecule is CCC(C#N)C(O)c1ccc(C(F)(F)F)cc1. The molecule has 0 saturated heterocycles. The molecule has 0 aliphatic heterocycles. The Labute approximate surface area is 97.3 Å². The van der Waals surface area contributed by atoms with Crippen LogP contribution in [0.2, 0.25) is 0 Å². The molecule has 2 nitrogen and oxygen atoms in total. The molecule has 5 heteroatoms. The summed E-state index contributed by atoms with van der Waals surface area (Å²) in [5.74, 6) is -0.605. The summed E-state index contributed by atoms with van der Waals surface area (Å²) < 4.78 is 36.9. The zero-order chi connectivity index (χ0) is 13.1. The van der Waals surface area contributed by atoms with Crippen molar-refractivity contribution in [3.8, 4) is 6.07 Å². The van der Waals surface area contributed by atoms with Crippen molar-refractivity contribution in [3.63, 3.8) is 0 Å². The van der Waals surface area contributed by atoms with E-state index in [2.05, 4.69) is 0 Å². The van der Waals surface area contributed by atoms with Gasteiger partial charge < -0.3 is 5.11 Å². The van der Waals surface area contributed by atoms with E-state index >= 15 is 0 Å². The van der Waals surface area contributed by atoms with Crippen LogP contribution in [0.3, 0.4) is 0 Å².